The standard InChI is InChI=1S/C17H16N4OS/c22-9-12(7-11-8-18-15-4-2-1-3-13(11)15)21-16-14-5-6-23-17(14)20-10-19-16/h1-6,8,10,12,18,22H,7,9H2,(H,19,20,21)/t12-/m0/s1. The summed E-state index contributed by atoms with van der Waals surface area (Å²) in [5, 5.41) is 17.3. The summed E-state index contributed by atoms with van der Waals surface area (Å²) < 4.78 is 0. The third-order valence-corrected chi connectivity index (χ3v) is 4.78. The van der Waals surface area contributed by atoms with Gasteiger partial charge in [-0.2, -0.15) is 0 Å². The van der Waals surface area contributed by atoms with Gasteiger partial charge in [-0.25, -0.2) is 9.97 Å². The highest BCUT2D eigenvalue weighted by molar-refractivity contribution is 7.16. The van der Waals surface area contributed by atoms with Crippen LogP contribution in [0.15, 0.2) is 48.2 Å². The van der Waals surface area contributed by atoms with E-state index in [1.807, 2.05) is 29.8 Å². The molecule has 116 valence electrons. The molecule has 0 fully saturated rings. The minimum atomic E-state index is -0.104. The maximum absolute atomic E-state index is 9.77. The number of hydrogen-bond donors (Lipinski definition) is 3. The molecule has 3 heterocycles. The van der Waals surface area contributed by atoms with Gasteiger partial charge in [0.1, 0.15) is 17.0 Å². The Morgan fingerprint density at radius 1 is 1.17 bits per heavy atom. The van der Waals surface area contributed by atoms with E-state index in [0.717, 1.165) is 28.0 Å². The molecule has 23 heavy (non-hydrogen) atoms. The number of nitrogens with one attached hydrogen (secondary N) is 2. The molecule has 0 saturated carbocycles. The summed E-state index contributed by atoms with van der Waals surface area (Å²) in [7, 11) is 0. The first kappa shape index (κ1) is 14.2. The Hall–Kier alpha value is -2.44. The van der Waals surface area contributed by atoms with E-state index in [1.54, 1.807) is 17.7 Å². The SMILES string of the molecule is OC[C@H](Cc1c[nH]c2ccccc12)Nc1ncnc2sccc12. The van der Waals surface area contributed by atoms with Crippen molar-refractivity contribution < 1.29 is 5.11 Å². The molecule has 4 rings (SSSR count). The molecule has 0 aliphatic heterocycles. The summed E-state index contributed by atoms with van der Waals surface area (Å²) in [4.78, 5) is 12.8. The lowest BCUT2D eigenvalue weighted by Gasteiger charge is -2.17. The second-order valence-corrected chi connectivity index (χ2v) is 6.34. The number of benzene rings is 1. The molecular weight excluding hydrogens is 308 g/mol. The second kappa shape index (κ2) is 5.98. The molecule has 1 aromatic carbocycles. The van der Waals surface area contributed by atoms with E-state index in [-0.39, 0.29) is 12.6 Å². The molecule has 6 heteroatoms. The molecule has 0 radical (unpaired) electrons. The number of nitrogens with zero attached hydrogens (tertiary/aromatic N) is 2. The largest absolute Gasteiger partial charge is 0.394 e. The van der Waals surface area contributed by atoms with Gasteiger partial charge in [0.05, 0.1) is 18.0 Å². The lowest BCUT2D eigenvalue weighted by atomic mass is 10.1. The minimum absolute atomic E-state index is 0.0368. The second-order valence-electron chi connectivity index (χ2n) is 5.45. The zero-order valence-corrected chi connectivity index (χ0v) is 13.2. The monoisotopic (exact) mass is 324 g/mol. The van der Waals surface area contributed by atoms with Crippen molar-refractivity contribution in [2.45, 2.75) is 12.5 Å². The van der Waals surface area contributed by atoms with Gasteiger partial charge >= 0.3 is 0 Å². The molecule has 0 unspecified atom stereocenters. The molecule has 0 bridgehead atoms. The predicted octanol–water partition coefficient (Wildman–Crippen LogP) is 3.19. The quantitative estimate of drug-likeness (QED) is 0.527. The number of thiophene rings is 1. The molecule has 0 aliphatic carbocycles. The predicted molar refractivity (Wildman–Crippen MR) is 93.9 cm³/mol. The van der Waals surface area contributed by atoms with Gasteiger partial charge in [0.2, 0.25) is 0 Å². The Kier molecular flexibility index (Phi) is 3.69. The number of fused-ring (bicyclic) bond motifs is 2. The minimum Gasteiger partial charge on any atom is -0.394 e. The smallest absolute Gasteiger partial charge is 0.138 e. The number of aliphatic hydroxyl groups excluding tert-OH is 1. The Bertz CT molecular complexity index is 946. The summed E-state index contributed by atoms with van der Waals surface area (Å²) >= 11 is 1.58. The molecule has 0 amide bonds. The summed E-state index contributed by atoms with van der Waals surface area (Å²) in [5.74, 6) is 0.773. The number of hydrogen-bond acceptors (Lipinski definition) is 5. The Morgan fingerprint density at radius 3 is 3.00 bits per heavy atom. The number of H-pyrrole nitrogens is 1. The van der Waals surface area contributed by atoms with Gasteiger partial charge in [-0.15, -0.1) is 11.3 Å². The first-order chi connectivity index (χ1) is 11.3. The van der Waals surface area contributed by atoms with Crippen molar-refractivity contribution in [2.24, 2.45) is 0 Å². The summed E-state index contributed by atoms with van der Waals surface area (Å²) in [6.07, 6.45) is 4.28. The van der Waals surface area contributed by atoms with Crippen molar-refractivity contribution in [3.8, 4) is 0 Å². The molecule has 4 aromatic rings. The van der Waals surface area contributed by atoms with Crippen molar-refractivity contribution in [3.63, 3.8) is 0 Å². The van der Waals surface area contributed by atoms with Crippen LogP contribution >= 0.6 is 11.3 Å². The van der Waals surface area contributed by atoms with Gasteiger partial charge in [0.25, 0.3) is 0 Å². The fourth-order valence-corrected chi connectivity index (χ4v) is 3.56. The fraction of sp³-hybridized carbons (Fsp3) is 0.176. The highest BCUT2D eigenvalue weighted by Crippen LogP contribution is 2.25. The molecule has 5 nitrogen and oxygen atoms in total. The normalized spacial score (nSPS) is 12.7. The van der Waals surface area contributed by atoms with Crippen molar-refractivity contribution in [1.82, 2.24) is 15.0 Å². The van der Waals surface area contributed by atoms with E-state index in [1.165, 1.54) is 10.9 Å². The van der Waals surface area contributed by atoms with Crippen LogP contribution in [0.1, 0.15) is 5.56 Å². The van der Waals surface area contributed by atoms with E-state index in [4.69, 9.17) is 0 Å². The van der Waals surface area contributed by atoms with Crippen LogP contribution in [0.4, 0.5) is 5.82 Å². The van der Waals surface area contributed by atoms with Gasteiger partial charge in [0.15, 0.2) is 0 Å². The molecule has 0 spiro atoms. The summed E-state index contributed by atoms with van der Waals surface area (Å²) in [5.41, 5.74) is 2.30. The fourth-order valence-electron chi connectivity index (χ4n) is 2.83. The zero-order chi connectivity index (χ0) is 15.6. The van der Waals surface area contributed by atoms with Crippen LogP contribution in [0.3, 0.4) is 0 Å². The van der Waals surface area contributed by atoms with Crippen molar-refractivity contribution in [1.29, 1.82) is 0 Å². The van der Waals surface area contributed by atoms with Crippen LogP contribution in [0.5, 0.6) is 0 Å². The van der Waals surface area contributed by atoms with Crippen molar-refractivity contribution >= 4 is 38.3 Å². The van der Waals surface area contributed by atoms with Crippen molar-refractivity contribution in [2.75, 3.05) is 11.9 Å². The van der Waals surface area contributed by atoms with Gasteiger partial charge in [-0.3, -0.25) is 0 Å². The number of rotatable bonds is 5. The summed E-state index contributed by atoms with van der Waals surface area (Å²) in [6, 6.07) is 10.1. The highest BCUT2D eigenvalue weighted by Gasteiger charge is 2.14. The number of anilines is 1. The first-order valence-electron chi connectivity index (χ1n) is 7.46. The van der Waals surface area contributed by atoms with Crippen LogP contribution in [0.25, 0.3) is 21.1 Å². The van der Waals surface area contributed by atoms with Crippen LogP contribution < -0.4 is 5.32 Å². The Balaban J connectivity index is 1.60. The van der Waals surface area contributed by atoms with Crippen LogP contribution in [-0.2, 0) is 6.42 Å². The van der Waals surface area contributed by atoms with Crippen molar-refractivity contribution in [3.05, 3.63) is 53.8 Å². The molecule has 3 aromatic heterocycles. The lowest BCUT2D eigenvalue weighted by molar-refractivity contribution is 0.274. The zero-order valence-electron chi connectivity index (χ0n) is 12.4. The molecule has 3 N–H and O–H groups in total. The lowest BCUT2D eigenvalue weighted by Crippen LogP contribution is -2.26. The van der Waals surface area contributed by atoms with E-state index in [0.29, 0.717) is 0 Å². The van der Waals surface area contributed by atoms with E-state index < -0.39 is 0 Å². The van der Waals surface area contributed by atoms with Gasteiger partial charge in [0, 0.05) is 17.1 Å². The van der Waals surface area contributed by atoms with Crippen LogP contribution in [0, 0.1) is 0 Å². The van der Waals surface area contributed by atoms with Gasteiger partial charge in [-0.05, 0) is 29.5 Å². The summed E-state index contributed by atoms with van der Waals surface area (Å²) in [6.45, 7) is 0.0368. The molecular formula is C17H16N4OS. The van der Waals surface area contributed by atoms with Gasteiger partial charge in [-0.1, -0.05) is 18.2 Å². The number of para-hydroxylation sites is 1. The maximum Gasteiger partial charge on any atom is 0.138 e. The Labute approximate surface area is 137 Å². The average molecular weight is 324 g/mol. The van der Waals surface area contributed by atoms with Gasteiger partial charge < -0.3 is 15.4 Å². The third-order valence-electron chi connectivity index (χ3n) is 3.96. The topological polar surface area (TPSA) is 73.8 Å². The third kappa shape index (κ3) is 2.67. The molecule has 1 atom stereocenters. The maximum atomic E-state index is 9.77. The van der Waals surface area contributed by atoms with Crippen LogP contribution in [0.2, 0.25) is 0 Å². The van der Waals surface area contributed by atoms with E-state index in [9.17, 15) is 5.11 Å². The first-order valence-corrected chi connectivity index (χ1v) is 8.33. The van der Waals surface area contributed by atoms with E-state index >= 15 is 0 Å². The Morgan fingerprint density at radius 2 is 2.09 bits per heavy atom. The van der Waals surface area contributed by atoms with E-state index in [2.05, 4.69) is 32.4 Å². The molecule has 0 aliphatic rings. The number of aromatic nitrogens is 3. The average Bonchev–Trinajstić information content (AvgIpc) is 3.22. The molecule has 0 saturated heterocycles. The highest BCUT2D eigenvalue weighted by atomic mass is 32.1. The van der Waals surface area contributed by atoms with Crippen LogP contribution in [-0.4, -0.2) is 32.7 Å². The number of aliphatic hydroxyl groups is 1. The number of aromatic amines is 1.